The molecule has 4 atom stereocenters. The van der Waals surface area contributed by atoms with Crippen LogP contribution in [0.4, 0.5) is 10.5 Å². The van der Waals surface area contributed by atoms with Gasteiger partial charge in [-0.25, -0.2) is 17.9 Å². The molecule has 2 bridgehead atoms. The summed E-state index contributed by atoms with van der Waals surface area (Å²) in [4.78, 5) is 43.7. The first kappa shape index (κ1) is 36.6. The molecular formula is C39H48ClN3O8S. The van der Waals surface area contributed by atoms with Crippen molar-refractivity contribution in [3.63, 3.8) is 0 Å². The maximum atomic E-state index is 14.1. The number of hydrogen-bond donors (Lipinski definition) is 1. The lowest BCUT2D eigenvalue weighted by atomic mass is 9.68. The lowest BCUT2D eigenvalue weighted by Crippen LogP contribution is -2.65. The summed E-state index contributed by atoms with van der Waals surface area (Å²) in [5, 5.41) is 0.690. The van der Waals surface area contributed by atoms with Crippen LogP contribution in [0, 0.1) is 11.8 Å². The smallest absolute Gasteiger partial charge is 0.411 e. The van der Waals surface area contributed by atoms with Crippen LogP contribution in [0.25, 0.3) is 0 Å². The summed E-state index contributed by atoms with van der Waals surface area (Å²) in [7, 11) is -4.37. The fourth-order valence-corrected chi connectivity index (χ4v) is 9.97. The Morgan fingerprint density at radius 2 is 1.85 bits per heavy atom. The van der Waals surface area contributed by atoms with E-state index in [4.69, 9.17) is 25.8 Å². The van der Waals surface area contributed by atoms with Gasteiger partial charge in [0, 0.05) is 42.9 Å². The monoisotopic (exact) mass is 753 g/mol. The first-order valence-corrected chi connectivity index (χ1v) is 20.2. The second kappa shape index (κ2) is 13.6. The topological polar surface area (TPSA) is 132 Å². The molecule has 2 aromatic rings. The van der Waals surface area contributed by atoms with Gasteiger partial charge in [0.15, 0.2) is 0 Å². The number of anilines is 1. The molecule has 280 valence electrons. The number of ether oxygens (including phenoxy) is 3. The van der Waals surface area contributed by atoms with Gasteiger partial charge in [-0.3, -0.25) is 14.5 Å². The number of hydrogen-bond acceptors (Lipinski definition) is 9. The van der Waals surface area contributed by atoms with E-state index in [-0.39, 0.29) is 41.5 Å². The number of nitrogens with one attached hydrogen (secondary N) is 1. The van der Waals surface area contributed by atoms with Gasteiger partial charge in [0.1, 0.15) is 23.0 Å². The Morgan fingerprint density at radius 1 is 1.06 bits per heavy atom. The van der Waals surface area contributed by atoms with Crippen LogP contribution < -0.4 is 14.4 Å². The molecule has 0 radical (unpaired) electrons. The van der Waals surface area contributed by atoms with Gasteiger partial charge < -0.3 is 19.1 Å². The molecular weight excluding hydrogens is 706 g/mol. The minimum absolute atomic E-state index is 0.0167. The number of aryl methyl sites for hydroxylation is 1. The average molecular weight is 754 g/mol. The van der Waals surface area contributed by atoms with Crippen LogP contribution in [-0.4, -0.2) is 74.8 Å². The number of nitrogens with zero attached hydrogens (tertiary/aromatic N) is 2. The van der Waals surface area contributed by atoms with Crippen molar-refractivity contribution >= 4 is 45.3 Å². The van der Waals surface area contributed by atoms with Crippen LogP contribution in [-0.2, 0) is 40.9 Å². The maximum Gasteiger partial charge on any atom is 0.411 e. The van der Waals surface area contributed by atoms with Crippen molar-refractivity contribution in [2.45, 2.75) is 107 Å². The van der Waals surface area contributed by atoms with E-state index in [1.807, 2.05) is 18.2 Å². The molecule has 2 heterocycles. The van der Waals surface area contributed by atoms with Crippen LogP contribution in [0.3, 0.4) is 0 Å². The highest BCUT2D eigenvalue weighted by atomic mass is 35.5. The van der Waals surface area contributed by atoms with E-state index in [9.17, 15) is 22.8 Å². The number of carbonyl (C=O) groups excluding carboxylic acids is 3. The summed E-state index contributed by atoms with van der Waals surface area (Å²) < 4.78 is 48.7. The van der Waals surface area contributed by atoms with Crippen molar-refractivity contribution in [1.29, 1.82) is 0 Å². The van der Waals surface area contributed by atoms with Gasteiger partial charge in [0.25, 0.3) is 15.9 Å². The zero-order chi connectivity index (χ0) is 37.1. The second-order valence-electron chi connectivity index (χ2n) is 16.1. The van der Waals surface area contributed by atoms with Crippen molar-refractivity contribution < 1.29 is 37.0 Å². The molecule has 3 aliphatic carbocycles. The quantitative estimate of drug-likeness (QED) is 0.263. The molecule has 13 heteroatoms. The summed E-state index contributed by atoms with van der Waals surface area (Å²) in [6.45, 7) is 8.11. The summed E-state index contributed by atoms with van der Waals surface area (Å²) >= 11 is 6.44. The van der Waals surface area contributed by atoms with Crippen molar-refractivity contribution in [2.75, 3.05) is 31.1 Å². The summed E-state index contributed by atoms with van der Waals surface area (Å²) in [5.74, 6) is -0.549. The molecule has 2 spiro atoms. The molecule has 1 N–H and O–H groups in total. The van der Waals surface area contributed by atoms with Crippen molar-refractivity contribution in [2.24, 2.45) is 11.8 Å². The van der Waals surface area contributed by atoms with E-state index in [0.29, 0.717) is 42.6 Å². The first-order chi connectivity index (χ1) is 24.6. The minimum atomic E-state index is -4.37. The van der Waals surface area contributed by atoms with Gasteiger partial charge in [-0.1, -0.05) is 23.7 Å². The molecule has 2 aliphatic heterocycles. The summed E-state index contributed by atoms with van der Waals surface area (Å²) in [6, 6.07) is 10.8. The van der Waals surface area contributed by atoms with E-state index in [0.717, 1.165) is 32.1 Å². The van der Waals surface area contributed by atoms with E-state index < -0.39 is 45.2 Å². The van der Waals surface area contributed by atoms with Crippen LogP contribution in [0.2, 0.25) is 5.02 Å². The molecule has 2 saturated carbocycles. The van der Waals surface area contributed by atoms with Gasteiger partial charge >= 0.3 is 12.1 Å². The Balaban J connectivity index is 1.32. The van der Waals surface area contributed by atoms with Crippen molar-refractivity contribution in [3.05, 3.63) is 64.7 Å². The molecule has 2 fully saturated rings. The highest BCUT2D eigenvalue weighted by Crippen LogP contribution is 2.48. The van der Waals surface area contributed by atoms with Gasteiger partial charge in [-0.15, -0.1) is 0 Å². The fraction of sp³-hybridized carbons (Fsp3) is 0.564. The molecule has 0 aromatic heterocycles. The number of halogens is 1. The predicted octanol–water partition coefficient (Wildman–Crippen LogP) is 6.31. The lowest BCUT2D eigenvalue weighted by Gasteiger charge is -2.48. The van der Waals surface area contributed by atoms with Crippen LogP contribution in [0.1, 0.15) is 83.8 Å². The third kappa shape index (κ3) is 6.88. The standard InChI is InChI=1S/C39H48ClN3O8S/c1-25(44)50-33-9-6-19-43(36(46)51-37(2,3)4)39(17-7-18-39)35(45)41-52(47,48)29-12-15-34-32(21-29)42(22-27-10-13-30(27)33)23-38(24-49-34)16-5-8-26-20-28(40)11-14-31(26)38/h6,9,11-12,14-15,20-21,27,30,33H,5,7-8,10,13,16-19,22-24H2,1-4H3,(H,41,45)/b9-6+/t27-,30+,33+,38-/m0/s1. The van der Waals surface area contributed by atoms with Crippen LogP contribution in [0.5, 0.6) is 5.75 Å². The second-order valence-corrected chi connectivity index (χ2v) is 18.3. The molecule has 0 unspecified atom stereocenters. The SMILES string of the molecule is CC(=O)O[C@@H]1/C=C/CN(C(=O)OC(C)(C)C)C2(CCC2)C(=O)NS(=O)(=O)c2ccc3c(c2)N(C[C@@H]2CC[C@H]21)C[C@@]1(CCCc2cc(Cl)ccc21)CO3. The number of amides is 2. The Morgan fingerprint density at radius 3 is 2.52 bits per heavy atom. The fourth-order valence-electron chi connectivity index (χ4n) is 8.71. The first-order valence-electron chi connectivity index (χ1n) is 18.3. The number of rotatable bonds is 1. The maximum absolute atomic E-state index is 14.1. The Bertz CT molecular complexity index is 1900. The number of carbonyl (C=O) groups is 3. The molecule has 0 saturated heterocycles. The van der Waals surface area contributed by atoms with Crippen LogP contribution >= 0.6 is 11.6 Å². The van der Waals surface area contributed by atoms with Crippen LogP contribution in [0.15, 0.2) is 53.4 Å². The zero-order valence-electron chi connectivity index (χ0n) is 30.3. The molecule has 2 aromatic carbocycles. The normalized spacial score (nSPS) is 28.5. The van der Waals surface area contributed by atoms with E-state index in [1.165, 1.54) is 29.0 Å². The van der Waals surface area contributed by atoms with Crippen molar-refractivity contribution in [3.8, 4) is 5.75 Å². The molecule has 11 nitrogen and oxygen atoms in total. The number of benzene rings is 2. The van der Waals surface area contributed by atoms with Gasteiger partial charge in [-0.05, 0) is 126 Å². The molecule has 5 aliphatic rings. The largest absolute Gasteiger partial charge is 0.490 e. The lowest BCUT2D eigenvalue weighted by molar-refractivity contribution is -0.149. The van der Waals surface area contributed by atoms with Gasteiger partial charge in [-0.2, -0.15) is 0 Å². The third-order valence-electron chi connectivity index (χ3n) is 11.5. The Labute approximate surface area is 311 Å². The Kier molecular flexibility index (Phi) is 9.55. The number of sulfonamides is 1. The van der Waals surface area contributed by atoms with Gasteiger partial charge in [0.2, 0.25) is 0 Å². The molecule has 52 heavy (non-hydrogen) atoms. The molecule has 2 amide bonds. The number of esters is 1. The van der Waals surface area contributed by atoms with E-state index >= 15 is 0 Å². The van der Waals surface area contributed by atoms with E-state index in [1.54, 1.807) is 39.0 Å². The highest BCUT2D eigenvalue weighted by Gasteiger charge is 2.53. The third-order valence-corrected chi connectivity index (χ3v) is 13.1. The predicted molar refractivity (Wildman–Crippen MR) is 196 cm³/mol. The van der Waals surface area contributed by atoms with Gasteiger partial charge in [0.05, 0.1) is 17.2 Å². The van der Waals surface area contributed by atoms with Crippen molar-refractivity contribution in [1.82, 2.24) is 9.62 Å². The number of fused-ring (bicyclic) bond motifs is 4. The van der Waals surface area contributed by atoms with E-state index in [2.05, 4.69) is 15.7 Å². The highest BCUT2D eigenvalue weighted by molar-refractivity contribution is 7.90. The Hall–Kier alpha value is -3.77. The zero-order valence-corrected chi connectivity index (χ0v) is 31.9. The summed E-state index contributed by atoms with van der Waals surface area (Å²) in [5.41, 5.74) is 0.331. The summed E-state index contributed by atoms with van der Waals surface area (Å²) in [6.07, 6.45) is 7.89. The average Bonchev–Trinajstić information content (AvgIpc) is 3.16. The molecule has 7 rings (SSSR count). The minimum Gasteiger partial charge on any atom is -0.490 e.